The second kappa shape index (κ2) is 7.14. The third-order valence-electron chi connectivity index (χ3n) is 3.33. The lowest BCUT2D eigenvalue weighted by atomic mass is 10.1. The van der Waals surface area contributed by atoms with E-state index in [9.17, 15) is 18.0 Å². The van der Waals surface area contributed by atoms with Crippen LogP contribution in [0.15, 0.2) is 57.3 Å². The normalized spacial score (nSPS) is 19.7. The van der Waals surface area contributed by atoms with Crippen LogP contribution in [-0.4, -0.2) is 22.5 Å². The molecule has 1 saturated heterocycles. The minimum Gasteiger partial charge on any atom is -0.463 e. The molecule has 1 fully saturated rings. The lowest BCUT2D eigenvalue weighted by Crippen LogP contribution is -2.26. The van der Waals surface area contributed by atoms with Crippen LogP contribution in [0.25, 0.3) is 0 Å². The second-order valence-corrected chi connectivity index (χ2v) is 6.35. The summed E-state index contributed by atoms with van der Waals surface area (Å²) in [6.45, 7) is 0. The molecule has 130 valence electrons. The Bertz CT molecular complexity index is 816. The number of furan rings is 1. The number of alkyl halides is 3. The molecular formula is C16H12F3N3O2S. The van der Waals surface area contributed by atoms with Crippen molar-refractivity contribution in [3.8, 4) is 0 Å². The lowest BCUT2D eigenvalue weighted by Gasteiger charge is -2.10. The molecule has 0 saturated carbocycles. The Balaban J connectivity index is 1.65. The molecule has 1 aromatic heterocycles. The standard InChI is InChI=1S/C16H12F3N3O2S/c17-16(18,19)11-4-1-3-10(7-11)8-13-14(23)21-15(25-13)22-20-9-12-5-2-6-24-12/h1-7,9,13H,8H2,(H,21,22,23). The second-order valence-electron chi connectivity index (χ2n) is 5.16. The predicted octanol–water partition coefficient (Wildman–Crippen LogP) is 3.46. The highest BCUT2D eigenvalue weighted by molar-refractivity contribution is 8.15. The lowest BCUT2D eigenvalue weighted by molar-refractivity contribution is -0.137. The fourth-order valence-electron chi connectivity index (χ4n) is 2.18. The number of carbonyl (C=O) groups excluding carboxylic acids is 1. The number of nitrogens with one attached hydrogen (secondary N) is 1. The SMILES string of the molecule is O=C1N/C(=N\N=Cc2ccco2)SC1Cc1cccc(C(F)(F)F)c1. The van der Waals surface area contributed by atoms with E-state index in [1.807, 2.05) is 0 Å². The molecule has 0 bridgehead atoms. The summed E-state index contributed by atoms with van der Waals surface area (Å²) in [6.07, 6.45) is -1.36. The fourth-order valence-corrected chi connectivity index (χ4v) is 3.14. The molecule has 5 nitrogen and oxygen atoms in total. The number of hydrogen-bond donors (Lipinski definition) is 1. The summed E-state index contributed by atoms with van der Waals surface area (Å²) in [6, 6.07) is 8.34. The molecule has 1 unspecified atom stereocenters. The smallest absolute Gasteiger partial charge is 0.416 e. The summed E-state index contributed by atoms with van der Waals surface area (Å²) < 4.78 is 43.3. The van der Waals surface area contributed by atoms with Crippen LogP contribution in [0.1, 0.15) is 16.9 Å². The zero-order chi connectivity index (χ0) is 17.9. The van der Waals surface area contributed by atoms with E-state index >= 15 is 0 Å². The number of amidine groups is 1. The minimum atomic E-state index is -4.41. The van der Waals surface area contributed by atoms with Gasteiger partial charge in [0.1, 0.15) is 5.76 Å². The van der Waals surface area contributed by atoms with Crippen molar-refractivity contribution in [1.29, 1.82) is 0 Å². The quantitative estimate of drug-likeness (QED) is 0.665. The monoisotopic (exact) mass is 367 g/mol. The largest absolute Gasteiger partial charge is 0.463 e. The molecule has 3 rings (SSSR count). The Morgan fingerprint density at radius 2 is 2.12 bits per heavy atom. The molecule has 0 aliphatic carbocycles. The number of amides is 1. The highest BCUT2D eigenvalue weighted by atomic mass is 32.2. The van der Waals surface area contributed by atoms with Crippen LogP contribution in [0.5, 0.6) is 0 Å². The van der Waals surface area contributed by atoms with Crippen molar-refractivity contribution in [2.45, 2.75) is 17.8 Å². The van der Waals surface area contributed by atoms with Gasteiger partial charge < -0.3 is 9.73 Å². The fraction of sp³-hybridized carbons (Fsp3) is 0.188. The van der Waals surface area contributed by atoms with Gasteiger partial charge in [-0.05, 0) is 30.2 Å². The first kappa shape index (κ1) is 17.3. The third kappa shape index (κ3) is 4.50. The van der Waals surface area contributed by atoms with Gasteiger partial charge in [0.05, 0.1) is 23.3 Å². The summed E-state index contributed by atoms with van der Waals surface area (Å²) >= 11 is 1.13. The summed E-state index contributed by atoms with van der Waals surface area (Å²) in [5, 5.41) is 9.98. The average Bonchev–Trinajstić information content (AvgIpc) is 3.18. The number of benzene rings is 1. The zero-order valence-corrected chi connectivity index (χ0v) is 13.5. The maximum absolute atomic E-state index is 12.7. The Morgan fingerprint density at radius 1 is 1.28 bits per heavy atom. The van der Waals surface area contributed by atoms with Crippen molar-refractivity contribution in [3.63, 3.8) is 0 Å². The molecule has 1 atom stereocenters. The van der Waals surface area contributed by atoms with Gasteiger partial charge in [-0.2, -0.15) is 18.3 Å². The van der Waals surface area contributed by atoms with E-state index in [4.69, 9.17) is 4.42 Å². The molecule has 1 aliphatic heterocycles. The molecule has 2 heterocycles. The first-order chi connectivity index (χ1) is 11.9. The number of thioether (sulfide) groups is 1. The van der Waals surface area contributed by atoms with Crippen LogP contribution in [0, 0.1) is 0 Å². The first-order valence-corrected chi connectivity index (χ1v) is 8.08. The zero-order valence-electron chi connectivity index (χ0n) is 12.7. The molecule has 2 aromatic rings. The van der Waals surface area contributed by atoms with Crippen LogP contribution < -0.4 is 5.32 Å². The molecule has 0 radical (unpaired) electrons. The van der Waals surface area contributed by atoms with Crippen LogP contribution in [0.4, 0.5) is 13.2 Å². The third-order valence-corrected chi connectivity index (χ3v) is 4.40. The van der Waals surface area contributed by atoms with Crippen molar-refractivity contribution >= 4 is 29.1 Å². The molecule has 1 N–H and O–H groups in total. The minimum absolute atomic E-state index is 0.168. The van der Waals surface area contributed by atoms with E-state index < -0.39 is 17.0 Å². The van der Waals surface area contributed by atoms with Crippen LogP contribution in [0.3, 0.4) is 0 Å². The number of nitrogens with zero attached hydrogens (tertiary/aromatic N) is 2. The van der Waals surface area contributed by atoms with Gasteiger partial charge in [0.25, 0.3) is 0 Å². The number of halogens is 3. The summed E-state index contributed by atoms with van der Waals surface area (Å²) in [5.74, 6) is 0.202. The van der Waals surface area contributed by atoms with Gasteiger partial charge in [0, 0.05) is 0 Å². The molecule has 1 aliphatic rings. The number of rotatable bonds is 4. The number of carbonyl (C=O) groups is 1. The highest BCUT2D eigenvalue weighted by Gasteiger charge is 2.33. The van der Waals surface area contributed by atoms with E-state index in [0.29, 0.717) is 16.5 Å². The van der Waals surface area contributed by atoms with Gasteiger partial charge in [0.2, 0.25) is 5.91 Å². The Morgan fingerprint density at radius 3 is 2.84 bits per heavy atom. The van der Waals surface area contributed by atoms with Crippen LogP contribution >= 0.6 is 11.8 Å². The molecule has 1 amide bonds. The first-order valence-electron chi connectivity index (χ1n) is 7.20. The van der Waals surface area contributed by atoms with Gasteiger partial charge >= 0.3 is 6.18 Å². The van der Waals surface area contributed by atoms with Crippen LogP contribution in [-0.2, 0) is 17.4 Å². The van der Waals surface area contributed by atoms with E-state index in [2.05, 4.69) is 15.5 Å². The Labute approximate surface area is 145 Å². The van der Waals surface area contributed by atoms with Crippen molar-refractivity contribution in [2.75, 3.05) is 0 Å². The van der Waals surface area contributed by atoms with Crippen LogP contribution in [0.2, 0.25) is 0 Å². The maximum Gasteiger partial charge on any atom is 0.416 e. The topological polar surface area (TPSA) is 67.0 Å². The average molecular weight is 367 g/mol. The predicted molar refractivity (Wildman–Crippen MR) is 88.4 cm³/mol. The Hall–Kier alpha value is -2.55. The van der Waals surface area contributed by atoms with E-state index in [1.54, 1.807) is 18.2 Å². The molecule has 25 heavy (non-hydrogen) atoms. The van der Waals surface area contributed by atoms with E-state index in [-0.39, 0.29) is 12.3 Å². The number of hydrogen-bond acceptors (Lipinski definition) is 5. The van der Waals surface area contributed by atoms with Gasteiger partial charge in [-0.3, -0.25) is 4.79 Å². The summed E-state index contributed by atoms with van der Waals surface area (Å²) in [7, 11) is 0. The van der Waals surface area contributed by atoms with Gasteiger partial charge in [-0.1, -0.05) is 30.0 Å². The van der Waals surface area contributed by atoms with Crippen molar-refractivity contribution in [1.82, 2.24) is 5.32 Å². The highest BCUT2D eigenvalue weighted by Crippen LogP contribution is 2.31. The Kier molecular flexibility index (Phi) is 4.93. The van der Waals surface area contributed by atoms with Gasteiger partial charge in [-0.15, -0.1) is 5.10 Å². The molecule has 9 heteroatoms. The molecule has 0 spiro atoms. The summed E-state index contributed by atoms with van der Waals surface area (Å²) in [5.41, 5.74) is -0.298. The van der Waals surface area contributed by atoms with Crippen molar-refractivity contribution < 1.29 is 22.4 Å². The van der Waals surface area contributed by atoms with Crippen molar-refractivity contribution in [3.05, 3.63) is 59.5 Å². The molecule has 1 aromatic carbocycles. The van der Waals surface area contributed by atoms with Gasteiger partial charge in [0.15, 0.2) is 5.17 Å². The summed E-state index contributed by atoms with van der Waals surface area (Å²) in [4.78, 5) is 12.0. The van der Waals surface area contributed by atoms with E-state index in [0.717, 1.165) is 23.9 Å². The van der Waals surface area contributed by atoms with E-state index in [1.165, 1.54) is 18.5 Å². The molecular weight excluding hydrogens is 355 g/mol. The maximum atomic E-state index is 12.7. The van der Waals surface area contributed by atoms with Gasteiger partial charge in [-0.25, -0.2) is 0 Å². The van der Waals surface area contributed by atoms with Crippen molar-refractivity contribution in [2.24, 2.45) is 10.2 Å².